The summed E-state index contributed by atoms with van der Waals surface area (Å²) in [5.74, 6) is -0.0878. The Kier molecular flexibility index (Phi) is 14.6. The zero-order valence-corrected chi connectivity index (χ0v) is 18.3. The Hall–Kier alpha value is 0.00870. The van der Waals surface area contributed by atoms with Crippen LogP contribution in [0.5, 0.6) is 0 Å². The summed E-state index contributed by atoms with van der Waals surface area (Å²) in [6, 6.07) is 0. The Morgan fingerprint density at radius 2 is 1.36 bits per heavy atom. The van der Waals surface area contributed by atoms with Crippen molar-refractivity contribution in [2.75, 3.05) is 6.61 Å². The first-order valence-corrected chi connectivity index (χ1v) is 17.5. The van der Waals surface area contributed by atoms with Gasteiger partial charge in [-0.05, 0) is 0 Å². The molecule has 0 aromatic carbocycles. The fraction of sp³-hybridized carbons (Fsp3) is 0.842. The first kappa shape index (κ1) is 22.0. The fourth-order valence-corrected chi connectivity index (χ4v) is 18.3. The van der Waals surface area contributed by atoms with Gasteiger partial charge in [-0.1, -0.05) is 0 Å². The summed E-state index contributed by atoms with van der Waals surface area (Å²) in [5, 5.41) is 0. The summed E-state index contributed by atoms with van der Waals surface area (Å²) < 4.78 is 10.9. The molecule has 0 unspecified atom stereocenters. The normalized spacial score (nSPS) is 12.0. The second-order valence-corrected chi connectivity index (χ2v) is 20.5. The van der Waals surface area contributed by atoms with Crippen molar-refractivity contribution in [2.24, 2.45) is 0 Å². The molecule has 0 spiro atoms. The van der Waals surface area contributed by atoms with Gasteiger partial charge in [0.25, 0.3) is 0 Å². The molecule has 2 nitrogen and oxygen atoms in total. The van der Waals surface area contributed by atoms with Gasteiger partial charge in [0, 0.05) is 0 Å². The first-order valence-electron chi connectivity index (χ1n) is 9.44. The third-order valence-corrected chi connectivity index (χ3v) is 19.7. The molecule has 0 saturated heterocycles. The van der Waals surface area contributed by atoms with E-state index in [1.807, 2.05) is 6.92 Å². The van der Waals surface area contributed by atoms with Crippen LogP contribution in [0.4, 0.5) is 0 Å². The van der Waals surface area contributed by atoms with E-state index >= 15 is 0 Å². The third kappa shape index (κ3) is 10.7. The van der Waals surface area contributed by atoms with Crippen molar-refractivity contribution in [1.29, 1.82) is 0 Å². The van der Waals surface area contributed by atoms with Gasteiger partial charge < -0.3 is 0 Å². The molecule has 0 aromatic heterocycles. The number of hydrogen-bond acceptors (Lipinski definition) is 2. The summed E-state index contributed by atoms with van der Waals surface area (Å²) in [6.45, 7) is 9.29. The Bertz CT molecular complexity index is 278. The third-order valence-electron chi connectivity index (χ3n) is 4.49. The van der Waals surface area contributed by atoms with Gasteiger partial charge in [-0.2, -0.15) is 0 Å². The number of esters is 1. The molecule has 0 N–H and O–H groups in total. The molecule has 0 heterocycles. The minimum atomic E-state index is -2.03. The van der Waals surface area contributed by atoms with Crippen molar-refractivity contribution < 1.29 is 9.53 Å². The molecule has 0 fully saturated rings. The van der Waals surface area contributed by atoms with Crippen LogP contribution < -0.4 is 0 Å². The average molecular weight is 417 g/mol. The number of carbonyl (C=O) groups excluding carboxylic acids is 1. The summed E-state index contributed by atoms with van der Waals surface area (Å²) in [4.78, 5) is 11.4. The van der Waals surface area contributed by atoms with Crippen molar-refractivity contribution in [3.8, 4) is 0 Å². The van der Waals surface area contributed by atoms with E-state index in [-0.39, 0.29) is 5.97 Å². The molecule has 0 bridgehead atoms. The number of allylic oxidation sites excluding steroid dienone is 1. The number of unbranched alkanes of at least 4 members (excludes halogenated alkanes) is 3. The molecule has 0 radical (unpaired) electrons. The molecule has 3 heteroatoms. The summed E-state index contributed by atoms with van der Waals surface area (Å²) in [5.41, 5.74) is 0. The Labute approximate surface area is 143 Å². The molecule has 0 amide bonds. The Morgan fingerprint density at radius 3 is 1.77 bits per heavy atom. The van der Waals surface area contributed by atoms with E-state index < -0.39 is 18.4 Å². The van der Waals surface area contributed by atoms with Gasteiger partial charge in [0.05, 0.1) is 0 Å². The zero-order chi connectivity index (χ0) is 16.7. The number of hydrogen-bond donors (Lipinski definition) is 0. The Morgan fingerprint density at radius 1 is 0.864 bits per heavy atom. The van der Waals surface area contributed by atoms with Gasteiger partial charge >= 0.3 is 143 Å². The van der Waals surface area contributed by atoms with Crippen molar-refractivity contribution in [3.63, 3.8) is 0 Å². The molecule has 0 aromatic rings. The monoisotopic (exact) mass is 418 g/mol. The second kappa shape index (κ2) is 14.6. The molecule has 130 valence electrons. The SMILES string of the molecule is CCC[CH2][Sn]([CH2]/C=C/CC(=O)OCC)([CH2]CCC)[CH2]CCC. The molecule has 0 aliphatic rings. The van der Waals surface area contributed by atoms with Crippen LogP contribution in [0.3, 0.4) is 0 Å². The summed E-state index contributed by atoms with van der Waals surface area (Å²) in [6.07, 6.45) is 13.0. The predicted octanol–water partition coefficient (Wildman–Crippen LogP) is 6.34. The zero-order valence-electron chi connectivity index (χ0n) is 15.5. The quantitative estimate of drug-likeness (QED) is 0.187. The topological polar surface area (TPSA) is 26.3 Å². The van der Waals surface area contributed by atoms with Gasteiger partial charge in [0.1, 0.15) is 0 Å². The van der Waals surface area contributed by atoms with Crippen LogP contribution in [0.1, 0.15) is 72.6 Å². The van der Waals surface area contributed by atoms with Gasteiger partial charge in [-0.3, -0.25) is 0 Å². The number of carbonyl (C=O) groups is 1. The average Bonchev–Trinajstić information content (AvgIpc) is 2.52. The molecule has 0 aliphatic carbocycles. The van der Waals surface area contributed by atoms with Crippen LogP contribution in [0.2, 0.25) is 17.7 Å². The van der Waals surface area contributed by atoms with Crippen LogP contribution in [0, 0.1) is 0 Å². The van der Waals surface area contributed by atoms with Gasteiger partial charge in [0.15, 0.2) is 0 Å². The number of ether oxygens (including phenoxy) is 1. The van der Waals surface area contributed by atoms with E-state index in [1.54, 1.807) is 0 Å². The standard InChI is InChI=1S/C7H11O2.3C4H9.Sn/c1-3-5-6-7(8)9-4-2;3*1-3-4-2;/h3,5H,1,4,6H2,2H3;3*1,3-4H2,2H3;/b5-3+;;;;. The van der Waals surface area contributed by atoms with Crippen molar-refractivity contribution in [3.05, 3.63) is 12.2 Å². The van der Waals surface area contributed by atoms with Crippen molar-refractivity contribution >= 4 is 24.3 Å². The molecule has 0 aliphatic heterocycles. The predicted molar refractivity (Wildman–Crippen MR) is 100 cm³/mol. The molecule has 0 saturated carbocycles. The maximum atomic E-state index is 11.4. The van der Waals surface area contributed by atoms with E-state index in [0.29, 0.717) is 13.0 Å². The van der Waals surface area contributed by atoms with E-state index in [4.69, 9.17) is 4.74 Å². The van der Waals surface area contributed by atoms with Crippen LogP contribution in [0.25, 0.3) is 0 Å². The van der Waals surface area contributed by atoms with E-state index in [1.165, 1.54) is 56.3 Å². The number of rotatable bonds is 14. The van der Waals surface area contributed by atoms with E-state index in [2.05, 4.69) is 32.9 Å². The molecular formula is C19H38O2Sn. The van der Waals surface area contributed by atoms with Gasteiger partial charge in [-0.15, -0.1) is 0 Å². The minimum absolute atomic E-state index is 0.0878. The van der Waals surface area contributed by atoms with Crippen molar-refractivity contribution in [1.82, 2.24) is 0 Å². The van der Waals surface area contributed by atoms with Crippen LogP contribution in [-0.2, 0) is 9.53 Å². The molecule has 22 heavy (non-hydrogen) atoms. The van der Waals surface area contributed by atoms with Crippen LogP contribution in [-0.4, -0.2) is 31.0 Å². The fourth-order valence-electron chi connectivity index (χ4n) is 3.07. The first-order chi connectivity index (χ1) is 10.6. The molecule has 0 atom stereocenters. The van der Waals surface area contributed by atoms with E-state index in [0.717, 1.165) is 0 Å². The van der Waals surface area contributed by atoms with Crippen LogP contribution >= 0.6 is 0 Å². The summed E-state index contributed by atoms with van der Waals surface area (Å²) >= 11 is -2.03. The van der Waals surface area contributed by atoms with Gasteiger partial charge in [-0.25, -0.2) is 0 Å². The van der Waals surface area contributed by atoms with E-state index in [9.17, 15) is 4.79 Å². The molecular weight excluding hydrogens is 379 g/mol. The Balaban J connectivity index is 4.62. The van der Waals surface area contributed by atoms with Crippen LogP contribution in [0.15, 0.2) is 12.2 Å². The second-order valence-electron chi connectivity index (χ2n) is 6.50. The maximum absolute atomic E-state index is 11.4. The molecule has 0 rings (SSSR count). The summed E-state index contributed by atoms with van der Waals surface area (Å²) in [7, 11) is 0. The van der Waals surface area contributed by atoms with Gasteiger partial charge in [0.2, 0.25) is 0 Å². The van der Waals surface area contributed by atoms with Crippen molar-refractivity contribution in [2.45, 2.75) is 90.4 Å².